The number of nitrogens with zero attached hydrogens (tertiary/aromatic N) is 2. The second-order valence-corrected chi connectivity index (χ2v) is 3.96. The van der Waals surface area contributed by atoms with Gasteiger partial charge < -0.3 is 5.32 Å². The van der Waals surface area contributed by atoms with E-state index in [9.17, 15) is 4.39 Å². The van der Waals surface area contributed by atoms with E-state index in [0.29, 0.717) is 11.4 Å². The van der Waals surface area contributed by atoms with Gasteiger partial charge in [0, 0.05) is 6.04 Å². The van der Waals surface area contributed by atoms with Crippen LogP contribution in [0.4, 0.5) is 10.2 Å². The predicted molar refractivity (Wildman–Crippen MR) is 67.4 cm³/mol. The number of rotatable bonds is 3. The minimum Gasteiger partial charge on any atom is -0.364 e. The van der Waals surface area contributed by atoms with Crippen molar-refractivity contribution in [1.29, 1.82) is 5.26 Å². The Morgan fingerprint density at radius 2 is 1.94 bits per heavy atom. The van der Waals surface area contributed by atoms with Crippen LogP contribution < -0.4 is 5.32 Å². The Kier molecular flexibility index (Phi) is 3.54. The summed E-state index contributed by atoms with van der Waals surface area (Å²) in [5.41, 5.74) is 1.67. The van der Waals surface area contributed by atoms with Gasteiger partial charge in [0.2, 0.25) is 0 Å². The lowest BCUT2D eigenvalue weighted by Crippen LogP contribution is -2.07. The molecule has 18 heavy (non-hydrogen) atoms. The Morgan fingerprint density at radius 3 is 2.50 bits per heavy atom. The highest BCUT2D eigenvalue weighted by Crippen LogP contribution is 2.18. The Bertz CT molecular complexity index is 555. The molecule has 1 unspecified atom stereocenters. The van der Waals surface area contributed by atoms with Gasteiger partial charge in [-0.2, -0.15) is 5.26 Å². The van der Waals surface area contributed by atoms with E-state index in [-0.39, 0.29) is 11.9 Å². The molecule has 0 saturated carbocycles. The van der Waals surface area contributed by atoms with Crippen LogP contribution in [0.25, 0.3) is 0 Å². The van der Waals surface area contributed by atoms with Gasteiger partial charge in [-0.05, 0) is 36.8 Å². The highest BCUT2D eigenvalue weighted by atomic mass is 19.1. The maximum atomic E-state index is 12.7. The van der Waals surface area contributed by atoms with Gasteiger partial charge in [0.15, 0.2) is 0 Å². The maximum Gasteiger partial charge on any atom is 0.141 e. The lowest BCUT2D eigenvalue weighted by molar-refractivity contribution is 0.621. The van der Waals surface area contributed by atoms with E-state index in [0.717, 1.165) is 5.56 Å². The van der Waals surface area contributed by atoms with Crippen molar-refractivity contribution >= 4 is 5.82 Å². The van der Waals surface area contributed by atoms with Gasteiger partial charge in [-0.3, -0.25) is 0 Å². The number of anilines is 1. The normalized spacial score (nSPS) is 11.6. The molecule has 0 fully saturated rings. The van der Waals surface area contributed by atoms with Crippen LogP contribution in [0.5, 0.6) is 0 Å². The van der Waals surface area contributed by atoms with E-state index in [1.54, 1.807) is 18.2 Å². The average molecular weight is 241 g/mol. The van der Waals surface area contributed by atoms with E-state index >= 15 is 0 Å². The molecule has 0 aliphatic carbocycles. The first-order valence-corrected chi connectivity index (χ1v) is 5.57. The zero-order valence-electron chi connectivity index (χ0n) is 9.89. The van der Waals surface area contributed by atoms with Gasteiger partial charge in [-0.1, -0.05) is 12.1 Å². The van der Waals surface area contributed by atoms with Crippen LogP contribution in [0.2, 0.25) is 0 Å². The molecule has 0 saturated heterocycles. The smallest absolute Gasteiger partial charge is 0.141 e. The van der Waals surface area contributed by atoms with E-state index in [1.165, 1.54) is 12.3 Å². The van der Waals surface area contributed by atoms with Crippen molar-refractivity contribution in [3.05, 3.63) is 59.5 Å². The van der Waals surface area contributed by atoms with Gasteiger partial charge in [-0.15, -0.1) is 0 Å². The number of halogens is 1. The first-order valence-electron chi connectivity index (χ1n) is 5.57. The van der Waals surface area contributed by atoms with Crippen molar-refractivity contribution in [2.24, 2.45) is 0 Å². The molecule has 0 radical (unpaired) electrons. The summed E-state index contributed by atoms with van der Waals surface area (Å²) in [6, 6.07) is 12.4. The van der Waals surface area contributed by atoms with Gasteiger partial charge in [0.05, 0.1) is 17.8 Å². The highest BCUT2D eigenvalue weighted by molar-refractivity contribution is 5.39. The van der Waals surface area contributed by atoms with Crippen LogP contribution in [0.3, 0.4) is 0 Å². The van der Waals surface area contributed by atoms with Crippen molar-refractivity contribution in [2.45, 2.75) is 13.0 Å². The second-order valence-electron chi connectivity index (χ2n) is 3.96. The molecule has 0 aliphatic rings. The maximum absolute atomic E-state index is 12.7. The predicted octanol–water partition coefficient (Wildman–Crippen LogP) is 3.27. The number of nitriles is 1. The van der Waals surface area contributed by atoms with Crippen molar-refractivity contribution in [3.63, 3.8) is 0 Å². The molecule has 1 aromatic carbocycles. The van der Waals surface area contributed by atoms with Crippen LogP contribution in [-0.4, -0.2) is 4.98 Å². The standard InChI is InChI=1S/C14H12FN3/c1-10(12-4-2-11(8-16)3-5-12)18-14-7-6-13(15)9-17-14/h2-7,9-10H,1H3,(H,17,18). The summed E-state index contributed by atoms with van der Waals surface area (Å²) >= 11 is 0. The van der Waals surface area contributed by atoms with Crippen molar-refractivity contribution < 1.29 is 4.39 Å². The molecule has 1 atom stereocenters. The summed E-state index contributed by atoms with van der Waals surface area (Å²) in [7, 11) is 0. The quantitative estimate of drug-likeness (QED) is 0.897. The van der Waals surface area contributed by atoms with Crippen LogP contribution in [0, 0.1) is 17.1 Å². The second kappa shape index (κ2) is 5.28. The molecule has 4 heteroatoms. The van der Waals surface area contributed by atoms with Gasteiger partial charge in [0.25, 0.3) is 0 Å². The first kappa shape index (κ1) is 12.1. The monoisotopic (exact) mass is 241 g/mol. The Hall–Kier alpha value is -2.41. The molecule has 2 rings (SSSR count). The molecule has 1 heterocycles. The van der Waals surface area contributed by atoms with Crippen LogP contribution >= 0.6 is 0 Å². The zero-order chi connectivity index (χ0) is 13.0. The minimum absolute atomic E-state index is 0.0377. The summed E-state index contributed by atoms with van der Waals surface area (Å²) in [6.07, 6.45) is 1.17. The molecule has 0 amide bonds. The van der Waals surface area contributed by atoms with Crippen LogP contribution in [0.15, 0.2) is 42.6 Å². The van der Waals surface area contributed by atoms with Crippen molar-refractivity contribution in [2.75, 3.05) is 5.32 Å². The number of benzene rings is 1. The third kappa shape index (κ3) is 2.83. The number of pyridine rings is 1. The molecule has 3 nitrogen and oxygen atoms in total. The van der Waals surface area contributed by atoms with Crippen LogP contribution in [0.1, 0.15) is 24.1 Å². The molecule has 1 N–H and O–H groups in total. The van der Waals surface area contributed by atoms with E-state index < -0.39 is 0 Å². The van der Waals surface area contributed by atoms with Crippen molar-refractivity contribution in [3.8, 4) is 6.07 Å². The Morgan fingerprint density at radius 1 is 1.22 bits per heavy atom. The fourth-order valence-corrected chi connectivity index (χ4v) is 1.61. The van der Waals surface area contributed by atoms with E-state index in [2.05, 4.69) is 16.4 Å². The Balaban J connectivity index is 2.09. The van der Waals surface area contributed by atoms with E-state index in [1.807, 2.05) is 19.1 Å². The molecular weight excluding hydrogens is 229 g/mol. The summed E-state index contributed by atoms with van der Waals surface area (Å²) in [5.74, 6) is 0.264. The molecule has 2 aromatic rings. The third-order valence-corrected chi connectivity index (χ3v) is 2.63. The van der Waals surface area contributed by atoms with Gasteiger partial charge in [-0.25, -0.2) is 9.37 Å². The molecule has 0 spiro atoms. The fourth-order valence-electron chi connectivity index (χ4n) is 1.61. The summed E-state index contributed by atoms with van der Waals surface area (Å²) in [5, 5.41) is 11.9. The number of aromatic nitrogens is 1. The largest absolute Gasteiger partial charge is 0.364 e. The van der Waals surface area contributed by atoms with Gasteiger partial charge >= 0.3 is 0 Å². The summed E-state index contributed by atoms with van der Waals surface area (Å²) in [6.45, 7) is 1.98. The summed E-state index contributed by atoms with van der Waals surface area (Å²) in [4.78, 5) is 3.94. The minimum atomic E-state index is -0.355. The fraction of sp³-hybridized carbons (Fsp3) is 0.143. The summed E-state index contributed by atoms with van der Waals surface area (Å²) < 4.78 is 12.7. The molecule has 90 valence electrons. The molecule has 0 aliphatic heterocycles. The number of nitrogens with one attached hydrogen (secondary N) is 1. The average Bonchev–Trinajstić information content (AvgIpc) is 2.41. The lowest BCUT2D eigenvalue weighted by Gasteiger charge is -2.14. The number of hydrogen-bond acceptors (Lipinski definition) is 3. The highest BCUT2D eigenvalue weighted by Gasteiger charge is 2.06. The molecule has 1 aromatic heterocycles. The van der Waals surface area contributed by atoms with Gasteiger partial charge in [0.1, 0.15) is 11.6 Å². The van der Waals surface area contributed by atoms with Crippen LogP contribution in [-0.2, 0) is 0 Å². The first-order chi connectivity index (χ1) is 8.69. The zero-order valence-corrected chi connectivity index (χ0v) is 9.89. The molecule has 0 bridgehead atoms. The topological polar surface area (TPSA) is 48.7 Å². The third-order valence-electron chi connectivity index (χ3n) is 2.63. The lowest BCUT2D eigenvalue weighted by atomic mass is 10.1. The molecular formula is C14H12FN3. The number of hydrogen-bond donors (Lipinski definition) is 1. The van der Waals surface area contributed by atoms with Crippen molar-refractivity contribution in [1.82, 2.24) is 4.98 Å². The Labute approximate surface area is 105 Å². The SMILES string of the molecule is CC(Nc1ccc(F)cn1)c1ccc(C#N)cc1. The van der Waals surface area contributed by atoms with E-state index in [4.69, 9.17) is 5.26 Å².